The second-order valence-corrected chi connectivity index (χ2v) is 5.24. The van der Waals surface area contributed by atoms with Crippen LogP contribution in [-0.4, -0.2) is 22.0 Å². The van der Waals surface area contributed by atoms with Gasteiger partial charge in [-0.25, -0.2) is 9.18 Å². The summed E-state index contributed by atoms with van der Waals surface area (Å²) < 4.78 is 14.0. The van der Waals surface area contributed by atoms with E-state index in [2.05, 4.69) is 5.32 Å². The number of nitrogens with zero attached hydrogens (tertiary/aromatic N) is 1. The minimum absolute atomic E-state index is 0.0184. The van der Waals surface area contributed by atoms with Gasteiger partial charge in [0.15, 0.2) is 5.82 Å². The molecule has 0 saturated heterocycles. The molecule has 1 aliphatic rings. The first-order chi connectivity index (χ1) is 9.99. The Balaban J connectivity index is 2.28. The smallest absolute Gasteiger partial charge is 0.342 e. The van der Waals surface area contributed by atoms with Crippen LogP contribution in [0.5, 0.6) is 0 Å². The van der Waals surface area contributed by atoms with Crippen LogP contribution in [0.4, 0.5) is 15.8 Å². The molecule has 0 aromatic heterocycles. The summed E-state index contributed by atoms with van der Waals surface area (Å²) in [6.45, 7) is 0. The maximum atomic E-state index is 14.0. The first kappa shape index (κ1) is 15.2. The normalized spacial score (nSPS) is 16.2. The third kappa shape index (κ3) is 3.68. The van der Waals surface area contributed by atoms with E-state index in [1.165, 1.54) is 0 Å². The molecule has 1 aromatic carbocycles. The molecule has 1 fully saturated rings. The third-order valence-electron chi connectivity index (χ3n) is 3.73. The number of nitro groups is 1. The fourth-order valence-electron chi connectivity index (χ4n) is 2.64. The highest BCUT2D eigenvalue weighted by atomic mass is 19.1. The van der Waals surface area contributed by atoms with E-state index in [4.69, 9.17) is 5.11 Å². The average molecular weight is 296 g/mol. The number of hydrogen-bond acceptors (Lipinski definition) is 4. The molecule has 0 bridgehead atoms. The highest BCUT2D eigenvalue weighted by Gasteiger charge is 2.24. The van der Waals surface area contributed by atoms with Crippen molar-refractivity contribution in [3.63, 3.8) is 0 Å². The number of carboxylic acids is 1. The Bertz CT molecular complexity index is 554. The van der Waals surface area contributed by atoms with Crippen LogP contribution in [0.25, 0.3) is 0 Å². The number of nitrogens with one attached hydrogen (secondary N) is 1. The molecule has 0 atom stereocenters. The average Bonchev–Trinajstić information content (AvgIpc) is 2.68. The number of nitro benzene ring substituents is 1. The van der Waals surface area contributed by atoms with Crippen LogP contribution in [0.3, 0.4) is 0 Å². The van der Waals surface area contributed by atoms with Gasteiger partial charge in [-0.15, -0.1) is 0 Å². The lowest BCUT2D eigenvalue weighted by Crippen LogP contribution is -2.19. The van der Waals surface area contributed by atoms with Gasteiger partial charge in [0.05, 0.1) is 16.7 Å². The van der Waals surface area contributed by atoms with Crippen molar-refractivity contribution in [2.24, 2.45) is 0 Å². The molecular formula is C14H17FN2O4. The van der Waals surface area contributed by atoms with Crippen molar-refractivity contribution in [3.8, 4) is 0 Å². The Kier molecular flexibility index (Phi) is 4.72. The quantitative estimate of drug-likeness (QED) is 0.503. The van der Waals surface area contributed by atoms with Gasteiger partial charge in [0, 0.05) is 6.04 Å². The van der Waals surface area contributed by atoms with Gasteiger partial charge < -0.3 is 10.4 Å². The minimum atomic E-state index is -1.44. The van der Waals surface area contributed by atoms with Gasteiger partial charge in [0.2, 0.25) is 0 Å². The van der Waals surface area contributed by atoms with E-state index in [1.54, 1.807) is 0 Å². The number of hydrogen-bond donors (Lipinski definition) is 2. The molecule has 2 rings (SSSR count). The van der Waals surface area contributed by atoms with E-state index >= 15 is 0 Å². The second-order valence-electron chi connectivity index (χ2n) is 5.24. The van der Waals surface area contributed by atoms with Crippen molar-refractivity contribution < 1.29 is 19.2 Å². The van der Waals surface area contributed by atoms with Crippen molar-refractivity contribution in [1.82, 2.24) is 0 Å². The van der Waals surface area contributed by atoms with E-state index in [1.807, 2.05) is 0 Å². The summed E-state index contributed by atoms with van der Waals surface area (Å²) in [5.74, 6) is -2.23. The number of halogens is 1. The van der Waals surface area contributed by atoms with Crippen LogP contribution in [0.15, 0.2) is 12.1 Å². The Labute approximate surface area is 121 Å². The van der Waals surface area contributed by atoms with Crippen LogP contribution >= 0.6 is 0 Å². The number of carboxylic acid groups (broad SMARTS) is 1. The largest absolute Gasteiger partial charge is 0.477 e. The molecule has 0 amide bonds. The van der Waals surface area contributed by atoms with Crippen LogP contribution < -0.4 is 5.32 Å². The summed E-state index contributed by atoms with van der Waals surface area (Å²) >= 11 is 0. The van der Waals surface area contributed by atoms with Gasteiger partial charge in [-0.2, -0.15) is 0 Å². The maximum absolute atomic E-state index is 14.0. The van der Waals surface area contributed by atoms with E-state index in [0.717, 1.165) is 44.6 Å². The zero-order valence-electron chi connectivity index (χ0n) is 11.5. The molecule has 2 N–H and O–H groups in total. The highest BCUT2D eigenvalue weighted by molar-refractivity contribution is 5.93. The fourth-order valence-corrected chi connectivity index (χ4v) is 2.64. The van der Waals surface area contributed by atoms with Crippen LogP contribution in [0.1, 0.15) is 48.9 Å². The molecule has 7 heteroatoms. The summed E-state index contributed by atoms with van der Waals surface area (Å²) in [6, 6.07) is 1.76. The lowest BCUT2D eigenvalue weighted by Gasteiger charge is -2.18. The zero-order chi connectivity index (χ0) is 15.4. The molecule has 1 aromatic rings. The summed E-state index contributed by atoms with van der Waals surface area (Å²) in [4.78, 5) is 21.0. The molecule has 114 valence electrons. The predicted molar refractivity (Wildman–Crippen MR) is 75.1 cm³/mol. The topological polar surface area (TPSA) is 92.5 Å². The molecule has 21 heavy (non-hydrogen) atoms. The van der Waals surface area contributed by atoms with Crippen molar-refractivity contribution in [1.29, 1.82) is 0 Å². The van der Waals surface area contributed by atoms with Gasteiger partial charge in [-0.1, -0.05) is 25.7 Å². The monoisotopic (exact) mass is 296 g/mol. The van der Waals surface area contributed by atoms with Gasteiger partial charge in [-0.05, 0) is 18.9 Å². The predicted octanol–water partition coefficient (Wildman–Crippen LogP) is 3.57. The molecule has 0 unspecified atom stereocenters. The molecule has 6 nitrogen and oxygen atoms in total. The fraction of sp³-hybridized carbons (Fsp3) is 0.500. The van der Waals surface area contributed by atoms with Gasteiger partial charge in [0.1, 0.15) is 5.56 Å². The third-order valence-corrected chi connectivity index (χ3v) is 3.73. The lowest BCUT2D eigenvalue weighted by molar-refractivity contribution is -0.385. The Morgan fingerprint density at radius 1 is 1.29 bits per heavy atom. The number of aromatic carboxylic acids is 1. The van der Waals surface area contributed by atoms with Crippen molar-refractivity contribution in [2.75, 3.05) is 5.32 Å². The number of rotatable bonds is 4. The van der Waals surface area contributed by atoms with E-state index < -0.39 is 28.0 Å². The first-order valence-electron chi connectivity index (χ1n) is 6.97. The van der Waals surface area contributed by atoms with Crippen molar-refractivity contribution in [3.05, 3.63) is 33.6 Å². The molecule has 1 saturated carbocycles. The van der Waals surface area contributed by atoms with Crippen molar-refractivity contribution >= 4 is 17.3 Å². The van der Waals surface area contributed by atoms with Crippen LogP contribution in [0, 0.1) is 15.9 Å². The summed E-state index contributed by atoms with van der Waals surface area (Å²) in [5, 5.41) is 22.8. The van der Waals surface area contributed by atoms with Gasteiger partial charge in [-0.3, -0.25) is 10.1 Å². The minimum Gasteiger partial charge on any atom is -0.477 e. The number of anilines is 1. The standard InChI is InChI=1S/C14H17FN2O4/c15-11-8-13(17(20)21)10(14(18)19)7-12(11)16-9-5-3-1-2-4-6-9/h7-9,16H,1-6H2,(H,18,19). The highest BCUT2D eigenvalue weighted by Crippen LogP contribution is 2.28. The van der Waals surface area contributed by atoms with E-state index in [9.17, 15) is 19.3 Å². The molecule has 0 heterocycles. The van der Waals surface area contributed by atoms with E-state index in [-0.39, 0.29) is 11.7 Å². The molecular weight excluding hydrogens is 279 g/mol. The molecule has 0 radical (unpaired) electrons. The molecule has 0 spiro atoms. The van der Waals surface area contributed by atoms with Gasteiger partial charge in [0.25, 0.3) is 5.69 Å². The maximum Gasteiger partial charge on any atom is 0.342 e. The summed E-state index contributed by atoms with van der Waals surface area (Å²) in [5.41, 5.74) is -1.21. The summed E-state index contributed by atoms with van der Waals surface area (Å²) in [6.07, 6.45) is 6.14. The lowest BCUT2D eigenvalue weighted by atomic mass is 10.1. The Morgan fingerprint density at radius 3 is 2.43 bits per heavy atom. The van der Waals surface area contributed by atoms with Crippen LogP contribution in [0.2, 0.25) is 0 Å². The first-order valence-corrected chi connectivity index (χ1v) is 6.97. The second kappa shape index (κ2) is 6.51. The number of benzene rings is 1. The Hall–Kier alpha value is -2.18. The zero-order valence-corrected chi connectivity index (χ0v) is 11.5. The van der Waals surface area contributed by atoms with Crippen molar-refractivity contribution in [2.45, 2.75) is 44.6 Å². The SMILES string of the molecule is O=C(O)c1cc(NC2CCCCCC2)c(F)cc1[N+](=O)[O-]. The molecule has 1 aliphatic carbocycles. The Morgan fingerprint density at radius 2 is 1.90 bits per heavy atom. The van der Waals surface area contributed by atoms with Gasteiger partial charge >= 0.3 is 5.97 Å². The van der Waals surface area contributed by atoms with Crippen LogP contribution in [-0.2, 0) is 0 Å². The van der Waals surface area contributed by atoms with E-state index in [0.29, 0.717) is 6.07 Å². The number of carbonyl (C=O) groups is 1. The molecule has 0 aliphatic heterocycles. The summed E-state index contributed by atoms with van der Waals surface area (Å²) in [7, 11) is 0.